The predicted molar refractivity (Wildman–Crippen MR) is 108 cm³/mol. The second-order valence-corrected chi connectivity index (χ2v) is 6.77. The maximum Gasteiger partial charge on any atom is 0.327 e. The van der Waals surface area contributed by atoms with Crippen LogP contribution in [0.3, 0.4) is 0 Å². The van der Waals surface area contributed by atoms with Gasteiger partial charge in [-0.2, -0.15) is 12.6 Å². The van der Waals surface area contributed by atoms with Gasteiger partial charge in [0.25, 0.3) is 0 Å². The molecule has 0 spiro atoms. The molecule has 0 radical (unpaired) electrons. The molecule has 0 aliphatic heterocycles. The van der Waals surface area contributed by atoms with E-state index in [4.69, 9.17) is 16.6 Å². The molecule has 28 heavy (non-hydrogen) atoms. The minimum absolute atomic E-state index is 0.0664. The first-order valence-electron chi connectivity index (χ1n) is 8.96. The number of phenolic OH excluding ortho intramolecular Hbond substituents is 1. The standard InChI is InChI=1S/C18H28N4O5S/c19-8-2-1-3-13(20)16(24)21-14(9-11-4-6-12(23)7-5-11)17(25)22-15(10-28)18(26)27/h4-7,13-15,23,28H,1-3,8-10,19-20H2,(H,21,24)(H,22,25)(H,26,27)/t13-,14-,15-/m0/s1. The summed E-state index contributed by atoms with van der Waals surface area (Å²) in [6.07, 6.45) is 1.94. The van der Waals surface area contributed by atoms with Gasteiger partial charge in [0.05, 0.1) is 6.04 Å². The number of carbonyl (C=O) groups excluding carboxylic acids is 2. The van der Waals surface area contributed by atoms with Crippen molar-refractivity contribution in [3.63, 3.8) is 0 Å². The highest BCUT2D eigenvalue weighted by molar-refractivity contribution is 7.80. The number of aliphatic carboxylic acids is 1. The Morgan fingerprint density at radius 2 is 1.64 bits per heavy atom. The van der Waals surface area contributed by atoms with Crippen molar-refractivity contribution in [3.8, 4) is 5.75 Å². The zero-order valence-electron chi connectivity index (χ0n) is 15.5. The Hall–Kier alpha value is -2.30. The molecule has 0 heterocycles. The first kappa shape index (κ1) is 23.7. The van der Waals surface area contributed by atoms with Crippen LogP contribution in [0.1, 0.15) is 24.8 Å². The lowest BCUT2D eigenvalue weighted by atomic mass is 10.0. The van der Waals surface area contributed by atoms with Crippen LogP contribution in [0, 0.1) is 0 Å². The second-order valence-electron chi connectivity index (χ2n) is 6.40. The summed E-state index contributed by atoms with van der Waals surface area (Å²) in [5.74, 6) is -2.42. The van der Waals surface area contributed by atoms with E-state index in [1.807, 2.05) is 0 Å². The summed E-state index contributed by atoms with van der Waals surface area (Å²) in [7, 11) is 0. The van der Waals surface area contributed by atoms with E-state index in [0.29, 0.717) is 24.9 Å². The van der Waals surface area contributed by atoms with E-state index in [0.717, 1.165) is 6.42 Å². The lowest BCUT2D eigenvalue weighted by Gasteiger charge is -2.22. The molecule has 0 aromatic heterocycles. The average Bonchev–Trinajstić information content (AvgIpc) is 2.66. The molecule has 2 amide bonds. The van der Waals surface area contributed by atoms with Crippen LogP contribution < -0.4 is 22.1 Å². The van der Waals surface area contributed by atoms with Gasteiger partial charge in [0.2, 0.25) is 11.8 Å². The number of benzene rings is 1. The second kappa shape index (κ2) is 12.2. The lowest BCUT2D eigenvalue weighted by molar-refractivity contribution is -0.141. The summed E-state index contributed by atoms with van der Waals surface area (Å²) in [6.45, 7) is 0.501. The summed E-state index contributed by atoms with van der Waals surface area (Å²) >= 11 is 3.92. The molecule has 1 aromatic carbocycles. The Balaban J connectivity index is 2.87. The number of amides is 2. The quantitative estimate of drug-likeness (QED) is 0.177. The van der Waals surface area contributed by atoms with E-state index in [2.05, 4.69) is 23.3 Å². The number of carbonyl (C=O) groups is 3. The molecule has 0 saturated heterocycles. The van der Waals surface area contributed by atoms with Crippen LogP contribution >= 0.6 is 12.6 Å². The molecule has 3 atom stereocenters. The predicted octanol–water partition coefficient (Wildman–Crippen LogP) is -0.625. The fraction of sp³-hybridized carbons (Fsp3) is 0.500. The van der Waals surface area contributed by atoms with Crippen molar-refractivity contribution in [2.45, 2.75) is 43.8 Å². The lowest BCUT2D eigenvalue weighted by Crippen LogP contribution is -2.55. The maximum atomic E-state index is 12.6. The monoisotopic (exact) mass is 412 g/mol. The first-order chi connectivity index (χ1) is 13.3. The van der Waals surface area contributed by atoms with Gasteiger partial charge in [0, 0.05) is 12.2 Å². The van der Waals surface area contributed by atoms with Crippen LogP contribution in [0.5, 0.6) is 5.75 Å². The van der Waals surface area contributed by atoms with E-state index in [-0.39, 0.29) is 17.9 Å². The number of nitrogens with two attached hydrogens (primary N) is 2. The number of carboxylic acid groups (broad SMARTS) is 1. The highest BCUT2D eigenvalue weighted by Gasteiger charge is 2.27. The fourth-order valence-electron chi connectivity index (χ4n) is 2.45. The van der Waals surface area contributed by atoms with Crippen LogP contribution in [0.15, 0.2) is 24.3 Å². The van der Waals surface area contributed by atoms with Crippen molar-refractivity contribution in [2.24, 2.45) is 11.5 Å². The van der Waals surface area contributed by atoms with E-state index >= 15 is 0 Å². The van der Waals surface area contributed by atoms with Gasteiger partial charge in [-0.05, 0) is 37.1 Å². The highest BCUT2D eigenvalue weighted by Crippen LogP contribution is 2.12. The van der Waals surface area contributed by atoms with Crippen molar-refractivity contribution in [1.82, 2.24) is 10.6 Å². The van der Waals surface area contributed by atoms with Crippen LogP contribution in [-0.2, 0) is 20.8 Å². The van der Waals surface area contributed by atoms with Gasteiger partial charge in [-0.15, -0.1) is 0 Å². The van der Waals surface area contributed by atoms with E-state index < -0.39 is 35.9 Å². The molecular weight excluding hydrogens is 384 g/mol. The molecule has 0 aliphatic rings. The minimum Gasteiger partial charge on any atom is -0.508 e. The zero-order valence-corrected chi connectivity index (χ0v) is 16.4. The third kappa shape index (κ3) is 8.15. The highest BCUT2D eigenvalue weighted by atomic mass is 32.1. The molecule has 8 N–H and O–H groups in total. The number of aromatic hydroxyl groups is 1. The van der Waals surface area contributed by atoms with Gasteiger partial charge in [-0.25, -0.2) is 4.79 Å². The van der Waals surface area contributed by atoms with Gasteiger partial charge < -0.3 is 32.3 Å². The van der Waals surface area contributed by atoms with Gasteiger partial charge >= 0.3 is 5.97 Å². The molecule has 156 valence electrons. The Bertz CT molecular complexity index is 656. The number of thiol groups is 1. The summed E-state index contributed by atoms with van der Waals surface area (Å²) in [4.78, 5) is 36.1. The zero-order chi connectivity index (χ0) is 21.1. The van der Waals surface area contributed by atoms with Crippen molar-refractivity contribution >= 4 is 30.4 Å². The largest absolute Gasteiger partial charge is 0.508 e. The van der Waals surface area contributed by atoms with Crippen molar-refractivity contribution < 1.29 is 24.6 Å². The Morgan fingerprint density at radius 1 is 1.04 bits per heavy atom. The summed E-state index contributed by atoms with van der Waals surface area (Å²) in [5, 5.41) is 23.4. The molecule has 1 rings (SSSR count). The third-order valence-electron chi connectivity index (χ3n) is 4.11. The van der Waals surface area contributed by atoms with Gasteiger partial charge in [-0.1, -0.05) is 18.6 Å². The van der Waals surface area contributed by atoms with Gasteiger partial charge in [-0.3, -0.25) is 9.59 Å². The maximum absolute atomic E-state index is 12.6. The van der Waals surface area contributed by atoms with Crippen LogP contribution in [0.4, 0.5) is 0 Å². The number of rotatable bonds is 12. The molecule has 0 fully saturated rings. The van der Waals surface area contributed by atoms with Gasteiger partial charge in [0.1, 0.15) is 17.8 Å². The summed E-state index contributed by atoms with van der Waals surface area (Å²) in [6, 6.07) is 3.11. The number of carboxylic acids is 1. The first-order valence-corrected chi connectivity index (χ1v) is 9.59. The van der Waals surface area contributed by atoms with Crippen LogP contribution in [0.2, 0.25) is 0 Å². The molecule has 0 unspecified atom stereocenters. The van der Waals surface area contributed by atoms with Crippen LogP contribution in [-0.4, -0.2) is 58.4 Å². The molecule has 0 aliphatic carbocycles. The Kier molecular flexibility index (Phi) is 10.4. The fourth-order valence-corrected chi connectivity index (χ4v) is 2.70. The smallest absolute Gasteiger partial charge is 0.327 e. The van der Waals surface area contributed by atoms with Gasteiger partial charge in [0.15, 0.2) is 0 Å². The molecular formula is C18H28N4O5S. The van der Waals surface area contributed by atoms with E-state index in [9.17, 15) is 19.5 Å². The Labute approximate surface area is 169 Å². The summed E-state index contributed by atoms with van der Waals surface area (Å²) < 4.78 is 0. The molecule has 10 heteroatoms. The number of nitrogens with one attached hydrogen (secondary N) is 2. The molecule has 0 bridgehead atoms. The molecule has 9 nitrogen and oxygen atoms in total. The van der Waals surface area contributed by atoms with E-state index in [1.54, 1.807) is 12.1 Å². The number of unbranched alkanes of at least 4 members (excludes halogenated alkanes) is 1. The number of hydrogen-bond donors (Lipinski definition) is 7. The normalized spacial score (nSPS) is 14.0. The van der Waals surface area contributed by atoms with Crippen LogP contribution in [0.25, 0.3) is 0 Å². The van der Waals surface area contributed by atoms with Crippen molar-refractivity contribution in [3.05, 3.63) is 29.8 Å². The van der Waals surface area contributed by atoms with Crippen molar-refractivity contribution in [1.29, 1.82) is 0 Å². The minimum atomic E-state index is -1.23. The average molecular weight is 413 g/mol. The third-order valence-corrected chi connectivity index (χ3v) is 4.48. The molecule has 0 saturated carbocycles. The summed E-state index contributed by atoms with van der Waals surface area (Å²) in [5.41, 5.74) is 12.0. The number of phenols is 1. The SMILES string of the molecule is NCCCC[C@H](N)C(=O)N[C@@H](Cc1ccc(O)cc1)C(=O)N[C@@H](CS)C(=O)O. The van der Waals surface area contributed by atoms with E-state index in [1.165, 1.54) is 12.1 Å². The molecule has 1 aromatic rings. The van der Waals surface area contributed by atoms with Crippen molar-refractivity contribution in [2.75, 3.05) is 12.3 Å². The topological polar surface area (TPSA) is 168 Å². The Morgan fingerprint density at radius 3 is 2.18 bits per heavy atom. The number of hydrogen-bond acceptors (Lipinski definition) is 7.